The van der Waals surface area contributed by atoms with E-state index >= 15 is 0 Å². The molecule has 0 saturated carbocycles. The van der Waals surface area contributed by atoms with Gasteiger partial charge < -0.3 is 4.74 Å². The number of hydrogen-bond acceptors (Lipinski definition) is 7. The zero-order valence-electron chi connectivity index (χ0n) is 10.5. The van der Waals surface area contributed by atoms with Crippen LogP contribution in [0.25, 0.3) is 11.5 Å². The van der Waals surface area contributed by atoms with Crippen molar-refractivity contribution in [3.63, 3.8) is 0 Å². The summed E-state index contributed by atoms with van der Waals surface area (Å²) in [6.07, 6.45) is -3.57. The Morgan fingerprint density at radius 2 is 2.10 bits per heavy atom. The van der Waals surface area contributed by atoms with Gasteiger partial charge in [0, 0.05) is 6.20 Å². The van der Waals surface area contributed by atoms with Gasteiger partial charge >= 0.3 is 12.0 Å². The maximum Gasteiger partial charge on any atom is 0.501 e. The molecule has 0 atom stereocenters. The summed E-state index contributed by atoms with van der Waals surface area (Å²) in [7, 11) is 1.34. The van der Waals surface area contributed by atoms with Crippen molar-refractivity contribution in [1.29, 1.82) is 0 Å². The quantitative estimate of drug-likeness (QED) is 0.480. The van der Waals surface area contributed by atoms with E-state index in [-0.39, 0.29) is 17.3 Å². The smallest absolute Gasteiger partial charge is 0.494 e. The van der Waals surface area contributed by atoms with Gasteiger partial charge in [-0.25, -0.2) is 15.6 Å². The summed E-state index contributed by atoms with van der Waals surface area (Å²) in [5.41, 5.74) is -1.00. The lowest BCUT2D eigenvalue weighted by atomic mass is 10.3. The maximum absolute atomic E-state index is 12.5. The van der Waals surface area contributed by atoms with Crippen molar-refractivity contribution in [3.05, 3.63) is 28.8 Å². The summed E-state index contributed by atoms with van der Waals surface area (Å²) in [5, 5.41) is -0.666. The van der Waals surface area contributed by atoms with Crippen molar-refractivity contribution in [2.24, 2.45) is 5.84 Å². The molecule has 0 aliphatic heterocycles. The van der Waals surface area contributed by atoms with E-state index in [0.29, 0.717) is 0 Å². The third kappa shape index (κ3) is 3.08. The van der Waals surface area contributed by atoms with Crippen molar-refractivity contribution in [2.45, 2.75) is 6.30 Å². The number of H-pyrrole nitrogens is 1. The lowest BCUT2D eigenvalue weighted by molar-refractivity contribution is -0.130. The Morgan fingerprint density at radius 3 is 2.71 bits per heavy atom. The second kappa shape index (κ2) is 5.36. The van der Waals surface area contributed by atoms with Crippen molar-refractivity contribution in [2.75, 3.05) is 12.1 Å². The van der Waals surface area contributed by atoms with E-state index in [1.165, 1.54) is 19.4 Å². The van der Waals surface area contributed by atoms with Crippen LogP contribution in [0.3, 0.4) is 0 Å². The van der Waals surface area contributed by atoms with Crippen molar-refractivity contribution < 1.29 is 17.9 Å². The molecule has 2 rings (SSSR count). The van der Waals surface area contributed by atoms with Gasteiger partial charge in [-0.05, 0) is 12.1 Å². The van der Waals surface area contributed by atoms with E-state index < -0.39 is 22.9 Å². The number of nitrogens with zero attached hydrogens (tertiary/aromatic N) is 4. The second-order valence-electron chi connectivity index (χ2n) is 3.69. The first kappa shape index (κ1) is 14.7. The first-order valence-electron chi connectivity index (χ1n) is 5.42. The van der Waals surface area contributed by atoms with Crippen LogP contribution in [-0.2, 0) is 0 Å². The molecular weight excluding hydrogens is 293 g/mol. The minimum absolute atomic E-state index is 0.0522. The molecule has 11 heteroatoms. The molecule has 8 nitrogen and oxygen atoms in total. The van der Waals surface area contributed by atoms with E-state index in [4.69, 9.17) is 10.6 Å². The minimum Gasteiger partial charge on any atom is -0.494 e. The van der Waals surface area contributed by atoms with Crippen LogP contribution in [-0.4, -0.2) is 33.3 Å². The molecule has 2 heterocycles. The number of rotatable bonds is 3. The Balaban J connectivity index is 2.57. The molecule has 0 bridgehead atoms. The third-order valence-corrected chi connectivity index (χ3v) is 2.34. The van der Waals surface area contributed by atoms with Crippen LogP contribution in [0.15, 0.2) is 23.1 Å². The van der Waals surface area contributed by atoms with Crippen LogP contribution >= 0.6 is 0 Å². The highest BCUT2D eigenvalue weighted by atomic mass is 19.4. The van der Waals surface area contributed by atoms with Crippen LogP contribution < -0.4 is 21.3 Å². The summed E-state index contributed by atoms with van der Waals surface area (Å²) >= 11 is 0. The van der Waals surface area contributed by atoms with Crippen LogP contribution in [0.4, 0.5) is 19.1 Å². The number of hydrazine groups is 1. The lowest BCUT2D eigenvalue weighted by Gasteiger charge is -2.18. The number of aromatic amines is 1. The summed E-state index contributed by atoms with van der Waals surface area (Å²) in [6.45, 7) is 0. The number of methoxy groups -OCH3 is 1. The molecule has 21 heavy (non-hydrogen) atoms. The predicted octanol–water partition coefficient (Wildman–Crippen LogP) is 0.435. The van der Waals surface area contributed by atoms with Crippen LogP contribution in [0.5, 0.6) is 5.75 Å². The molecule has 0 fully saturated rings. The Bertz CT molecular complexity index is 702. The molecular formula is C10H9F3N6O2. The fourth-order valence-corrected chi connectivity index (χ4v) is 1.44. The number of hydrogen-bond donors (Lipinski definition) is 2. The van der Waals surface area contributed by atoms with Crippen LogP contribution in [0, 0.1) is 0 Å². The van der Waals surface area contributed by atoms with Crippen molar-refractivity contribution >= 4 is 5.95 Å². The van der Waals surface area contributed by atoms with Crippen LogP contribution in [0.1, 0.15) is 0 Å². The number of ether oxygens (including phenoxy) is 1. The topological polar surface area (TPSA) is 110 Å². The molecule has 2 aromatic rings. The summed E-state index contributed by atoms with van der Waals surface area (Å²) in [6, 6.07) is 3.06. The zero-order chi connectivity index (χ0) is 15.6. The van der Waals surface area contributed by atoms with Gasteiger partial charge in [-0.15, -0.1) is 13.2 Å². The Kier molecular flexibility index (Phi) is 3.76. The molecule has 0 unspecified atom stereocenters. The Hall–Kier alpha value is -2.69. The number of alkyl halides is 3. The van der Waals surface area contributed by atoms with E-state index in [2.05, 4.69) is 19.9 Å². The molecule has 3 N–H and O–H groups in total. The Morgan fingerprint density at radius 1 is 1.38 bits per heavy atom. The summed E-state index contributed by atoms with van der Waals surface area (Å²) in [4.78, 5) is 24.1. The number of anilines is 1. The van der Waals surface area contributed by atoms with Gasteiger partial charge in [0.05, 0.1) is 7.11 Å². The number of nitrogens with two attached hydrogens (primary N) is 1. The number of nitrogens with one attached hydrogen (secondary N) is 1. The first-order chi connectivity index (χ1) is 9.82. The predicted molar refractivity (Wildman–Crippen MR) is 65.2 cm³/mol. The first-order valence-corrected chi connectivity index (χ1v) is 5.42. The molecule has 0 aliphatic rings. The minimum atomic E-state index is -4.93. The van der Waals surface area contributed by atoms with Gasteiger partial charge in [0.1, 0.15) is 11.4 Å². The number of pyridine rings is 1. The highest BCUT2D eigenvalue weighted by molar-refractivity contribution is 5.59. The maximum atomic E-state index is 12.5. The van der Waals surface area contributed by atoms with Gasteiger partial charge in [0.25, 0.3) is 5.95 Å². The molecule has 0 saturated heterocycles. The molecule has 2 aromatic heterocycles. The van der Waals surface area contributed by atoms with Gasteiger partial charge in [-0.1, -0.05) is 0 Å². The number of halogens is 3. The van der Waals surface area contributed by atoms with Gasteiger partial charge in [-0.2, -0.15) is 15.0 Å². The number of aromatic nitrogens is 4. The van der Waals surface area contributed by atoms with Gasteiger partial charge in [-0.3, -0.25) is 4.98 Å². The normalized spacial score (nSPS) is 11.3. The van der Waals surface area contributed by atoms with E-state index in [1.54, 1.807) is 6.07 Å². The fourth-order valence-electron chi connectivity index (χ4n) is 1.44. The molecule has 112 valence electrons. The van der Waals surface area contributed by atoms with E-state index in [9.17, 15) is 18.0 Å². The Labute approximate surface area is 115 Å². The average Bonchev–Trinajstić information content (AvgIpc) is 2.44. The monoisotopic (exact) mass is 302 g/mol. The largest absolute Gasteiger partial charge is 0.501 e. The summed E-state index contributed by atoms with van der Waals surface area (Å²) < 4.78 is 42.5. The van der Waals surface area contributed by atoms with Crippen molar-refractivity contribution in [3.8, 4) is 17.3 Å². The highest BCUT2D eigenvalue weighted by Crippen LogP contribution is 2.26. The highest BCUT2D eigenvalue weighted by Gasteiger charge is 2.38. The standard InChI is InChI=1S/C10H9F3N6O2/c1-21-5-3-2-4-15-6(5)7-16-8(18-9(20)17-7)19(14)10(11,12)13/h2-4H,14H2,1H3,(H,16,17,18,20). The van der Waals surface area contributed by atoms with Crippen molar-refractivity contribution in [1.82, 2.24) is 19.9 Å². The van der Waals surface area contributed by atoms with Gasteiger partial charge in [0.15, 0.2) is 5.82 Å². The second-order valence-corrected chi connectivity index (χ2v) is 3.69. The SMILES string of the molecule is COc1cccnc1-c1nc(N(N)C(F)(F)F)nc(=O)[nH]1. The van der Waals surface area contributed by atoms with E-state index in [0.717, 1.165) is 0 Å². The molecule has 0 aromatic carbocycles. The molecule has 0 radical (unpaired) electrons. The lowest BCUT2D eigenvalue weighted by Crippen LogP contribution is -2.46. The van der Waals surface area contributed by atoms with Crippen LogP contribution in [0.2, 0.25) is 0 Å². The average molecular weight is 302 g/mol. The van der Waals surface area contributed by atoms with Gasteiger partial charge in [0.2, 0.25) is 0 Å². The fraction of sp³-hybridized carbons (Fsp3) is 0.200. The zero-order valence-corrected chi connectivity index (χ0v) is 10.5. The third-order valence-electron chi connectivity index (χ3n) is 2.34. The molecule has 0 amide bonds. The molecule has 0 spiro atoms. The molecule has 0 aliphatic carbocycles. The summed E-state index contributed by atoms with van der Waals surface area (Å²) in [5.74, 6) is 3.80. The van der Waals surface area contributed by atoms with E-state index in [1.807, 2.05) is 0 Å².